The number of hydrazine groups is 1. The summed E-state index contributed by atoms with van der Waals surface area (Å²) < 4.78 is 84.0. The predicted octanol–water partition coefficient (Wildman–Crippen LogP) is 2.73. The number of hydrogen-bond donors (Lipinski definition) is 1. The van der Waals surface area contributed by atoms with Crippen molar-refractivity contribution in [3.8, 4) is 11.4 Å². The molecule has 1 atom stereocenters. The number of rotatable bonds is 5. The van der Waals surface area contributed by atoms with Crippen LogP contribution in [-0.2, 0) is 26.7 Å². The smallest absolute Gasteiger partial charge is 0.379 e. The van der Waals surface area contributed by atoms with Gasteiger partial charge in [0.05, 0.1) is 30.2 Å². The number of alkyl halides is 6. The van der Waals surface area contributed by atoms with Crippen molar-refractivity contribution < 1.29 is 40.7 Å². The Bertz CT molecular complexity index is 1010. The molecule has 14 heteroatoms. The molecule has 1 N–H and O–H groups in total. The molecule has 1 aromatic heterocycles. The summed E-state index contributed by atoms with van der Waals surface area (Å²) in [6, 6.07) is 0.992. The molecule has 0 bridgehead atoms. The fourth-order valence-electron chi connectivity index (χ4n) is 2.82. The molecule has 0 spiro atoms. The molecule has 1 aromatic carbocycles. The summed E-state index contributed by atoms with van der Waals surface area (Å²) in [6.07, 6.45) is -7.26. The number of benzene rings is 1. The van der Waals surface area contributed by atoms with Crippen LogP contribution in [0.2, 0.25) is 0 Å². The molecule has 2 amide bonds. The quantitative estimate of drug-likeness (QED) is 0.544. The van der Waals surface area contributed by atoms with Crippen molar-refractivity contribution in [3.63, 3.8) is 0 Å². The fourth-order valence-corrected chi connectivity index (χ4v) is 2.82. The highest BCUT2D eigenvalue weighted by Gasteiger charge is 2.37. The summed E-state index contributed by atoms with van der Waals surface area (Å²) in [5.41, 5.74) is -1.19. The lowest BCUT2D eigenvalue weighted by molar-refractivity contribution is -0.143. The standard InChI is InChI=1S/C18H15F6N5O3/c1-32-13-7-15(31)29(8-13)26-14(30)2-3-28-9-25-16(27-28)10-4-11(17(19,20)21)6-12(5-10)18(22,23)24/h2-6,9,13H,7-8H2,1H3,(H,26,30)/b3-2-. The zero-order valence-electron chi connectivity index (χ0n) is 16.2. The molecule has 3 rings (SSSR count). The topological polar surface area (TPSA) is 89.4 Å². The van der Waals surface area contributed by atoms with Gasteiger partial charge < -0.3 is 4.74 Å². The second kappa shape index (κ2) is 8.61. The van der Waals surface area contributed by atoms with Gasteiger partial charge in [-0.1, -0.05) is 0 Å². The monoisotopic (exact) mass is 463 g/mol. The number of nitrogens with one attached hydrogen (secondary N) is 1. The van der Waals surface area contributed by atoms with Crippen LogP contribution in [0.5, 0.6) is 0 Å². The van der Waals surface area contributed by atoms with Gasteiger partial charge in [0, 0.05) is 24.9 Å². The van der Waals surface area contributed by atoms with Crippen LogP contribution in [0.25, 0.3) is 17.6 Å². The first-order chi connectivity index (χ1) is 14.9. The number of hydrogen-bond acceptors (Lipinski definition) is 5. The molecule has 1 saturated heterocycles. The highest BCUT2D eigenvalue weighted by Crippen LogP contribution is 2.38. The van der Waals surface area contributed by atoms with E-state index < -0.39 is 40.8 Å². The van der Waals surface area contributed by atoms with Crippen LogP contribution in [0, 0.1) is 0 Å². The number of halogens is 6. The highest BCUT2D eigenvalue weighted by atomic mass is 19.4. The zero-order chi connectivity index (χ0) is 23.7. The van der Waals surface area contributed by atoms with Gasteiger partial charge in [-0.25, -0.2) is 9.67 Å². The molecule has 0 saturated carbocycles. The summed E-state index contributed by atoms with van der Waals surface area (Å²) in [6.45, 7) is 0.152. The molecule has 2 heterocycles. The molecule has 32 heavy (non-hydrogen) atoms. The minimum Gasteiger partial charge on any atom is -0.379 e. The van der Waals surface area contributed by atoms with Gasteiger partial charge in [-0.15, -0.1) is 5.10 Å². The Balaban J connectivity index is 1.77. The van der Waals surface area contributed by atoms with Gasteiger partial charge in [-0.2, -0.15) is 26.3 Å². The lowest BCUT2D eigenvalue weighted by atomic mass is 10.0. The van der Waals surface area contributed by atoms with Crippen molar-refractivity contribution in [3.05, 3.63) is 41.7 Å². The van der Waals surface area contributed by atoms with E-state index in [0.717, 1.165) is 28.3 Å². The Labute approximate surface area is 176 Å². The zero-order valence-corrected chi connectivity index (χ0v) is 16.2. The largest absolute Gasteiger partial charge is 0.416 e. The fraction of sp³-hybridized carbons (Fsp3) is 0.333. The maximum absolute atomic E-state index is 13.0. The first-order valence-electron chi connectivity index (χ1n) is 8.90. The van der Waals surface area contributed by atoms with E-state index in [1.54, 1.807) is 0 Å². The van der Waals surface area contributed by atoms with Crippen molar-refractivity contribution in [2.75, 3.05) is 13.7 Å². The predicted molar refractivity (Wildman–Crippen MR) is 96.1 cm³/mol. The molecule has 8 nitrogen and oxygen atoms in total. The van der Waals surface area contributed by atoms with Gasteiger partial charge in [-0.3, -0.25) is 20.0 Å². The number of amides is 2. The molecule has 2 aromatic rings. The molecule has 1 unspecified atom stereocenters. The van der Waals surface area contributed by atoms with Gasteiger partial charge in [0.15, 0.2) is 5.82 Å². The minimum absolute atomic E-state index is 0.00147. The van der Waals surface area contributed by atoms with Crippen molar-refractivity contribution in [2.45, 2.75) is 24.9 Å². The number of nitrogens with zero attached hydrogens (tertiary/aromatic N) is 4. The number of methoxy groups -OCH3 is 1. The van der Waals surface area contributed by atoms with Crippen LogP contribution in [0.3, 0.4) is 0 Å². The average molecular weight is 463 g/mol. The second-order valence-electron chi connectivity index (χ2n) is 6.70. The Morgan fingerprint density at radius 3 is 2.31 bits per heavy atom. The number of aromatic nitrogens is 3. The van der Waals surface area contributed by atoms with Gasteiger partial charge in [0.25, 0.3) is 5.91 Å². The maximum Gasteiger partial charge on any atom is 0.416 e. The third-order valence-corrected chi connectivity index (χ3v) is 4.40. The van der Waals surface area contributed by atoms with E-state index in [4.69, 9.17) is 4.74 Å². The Kier molecular flexibility index (Phi) is 6.25. The van der Waals surface area contributed by atoms with Crippen LogP contribution in [0.15, 0.2) is 30.6 Å². The maximum atomic E-state index is 13.0. The Morgan fingerprint density at radius 1 is 1.16 bits per heavy atom. The van der Waals surface area contributed by atoms with E-state index in [-0.39, 0.29) is 31.0 Å². The molecule has 0 aliphatic carbocycles. The summed E-state index contributed by atoms with van der Waals surface area (Å²) in [5, 5.41) is 4.84. The lowest BCUT2D eigenvalue weighted by Gasteiger charge is -2.15. The van der Waals surface area contributed by atoms with Crippen LogP contribution >= 0.6 is 0 Å². The van der Waals surface area contributed by atoms with Crippen molar-refractivity contribution in [2.24, 2.45) is 0 Å². The highest BCUT2D eigenvalue weighted by molar-refractivity contribution is 5.92. The van der Waals surface area contributed by atoms with Gasteiger partial charge >= 0.3 is 12.4 Å². The first kappa shape index (κ1) is 23.2. The molecule has 172 valence electrons. The van der Waals surface area contributed by atoms with Crippen molar-refractivity contribution in [1.82, 2.24) is 25.2 Å². The minimum atomic E-state index is -5.01. The molecular formula is C18H15F6N5O3. The van der Waals surface area contributed by atoms with Crippen LogP contribution in [0.1, 0.15) is 17.5 Å². The SMILES string of the molecule is COC1CC(=O)N(NC(=O)/C=C\n2cnc(-c3cc(C(F)(F)F)cc(C(F)(F)F)c3)n2)C1. The number of carbonyl (C=O) groups is 2. The third-order valence-electron chi connectivity index (χ3n) is 4.40. The normalized spacial score (nSPS) is 17.4. The van der Waals surface area contributed by atoms with Crippen molar-refractivity contribution >= 4 is 18.0 Å². The molecule has 1 aliphatic rings. The first-order valence-corrected chi connectivity index (χ1v) is 8.90. The molecular weight excluding hydrogens is 448 g/mol. The number of carbonyl (C=O) groups excluding carboxylic acids is 2. The van der Waals surface area contributed by atoms with Crippen LogP contribution < -0.4 is 5.43 Å². The van der Waals surface area contributed by atoms with Crippen LogP contribution in [0.4, 0.5) is 26.3 Å². The third kappa shape index (κ3) is 5.43. The molecule has 0 radical (unpaired) electrons. The molecule has 1 fully saturated rings. The summed E-state index contributed by atoms with van der Waals surface area (Å²) in [7, 11) is 1.42. The summed E-state index contributed by atoms with van der Waals surface area (Å²) >= 11 is 0. The Morgan fingerprint density at radius 2 is 1.78 bits per heavy atom. The van der Waals surface area contributed by atoms with E-state index in [1.807, 2.05) is 0 Å². The second-order valence-corrected chi connectivity index (χ2v) is 6.70. The van der Waals surface area contributed by atoms with Gasteiger partial charge in [0.2, 0.25) is 5.91 Å². The average Bonchev–Trinajstić information content (AvgIpc) is 3.31. The summed E-state index contributed by atoms with van der Waals surface area (Å²) in [4.78, 5) is 27.4. The van der Waals surface area contributed by atoms with E-state index in [9.17, 15) is 35.9 Å². The van der Waals surface area contributed by atoms with Gasteiger partial charge in [0.1, 0.15) is 6.33 Å². The van der Waals surface area contributed by atoms with E-state index >= 15 is 0 Å². The Hall–Kier alpha value is -3.42. The number of ether oxygens (including phenoxy) is 1. The van der Waals surface area contributed by atoms with E-state index in [1.165, 1.54) is 7.11 Å². The summed E-state index contributed by atoms with van der Waals surface area (Å²) in [5.74, 6) is -1.48. The van der Waals surface area contributed by atoms with E-state index in [0.29, 0.717) is 12.1 Å². The lowest BCUT2D eigenvalue weighted by Crippen LogP contribution is -2.42. The van der Waals surface area contributed by atoms with Crippen molar-refractivity contribution in [1.29, 1.82) is 0 Å². The van der Waals surface area contributed by atoms with Crippen LogP contribution in [-0.4, -0.2) is 51.3 Å². The van der Waals surface area contributed by atoms with Gasteiger partial charge in [-0.05, 0) is 18.2 Å². The molecule has 1 aliphatic heterocycles. The van der Waals surface area contributed by atoms with E-state index in [2.05, 4.69) is 15.5 Å².